The smallest absolute Gasteiger partial charge is 0.133 e. The highest BCUT2D eigenvalue weighted by Gasteiger charge is 2.26. The summed E-state index contributed by atoms with van der Waals surface area (Å²) >= 11 is 5.32. The van der Waals surface area contributed by atoms with Gasteiger partial charge in [-0.25, -0.2) is 9.37 Å². The van der Waals surface area contributed by atoms with E-state index in [1.165, 1.54) is 12.1 Å². The van der Waals surface area contributed by atoms with Crippen LogP contribution >= 0.6 is 12.2 Å². The van der Waals surface area contributed by atoms with Crippen molar-refractivity contribution in [1.29, 1.82) is 0 Å². The number of nitrogens with zero attached hydrogens (tertiary/aromatic N) is 1. The molecule has 0 atom stereocenters. The fourth-order valence-corrected chi connectivity index (χ4v) is 2.47. The van der Waals surface area contributed by atoms with Gasteiger partial charge >= 0.3 is 0 Å². The summed E-state index contributed by atoms with van der Waals surface area (Å²) in [5.74, 6) is 1.21. The van der Waals surface area contributed by atoms with Gasteiger partial charge in [-0.15, -0.1) is 0 Å². The Labute approximate surface area is 116 Å². The summed E-state index contributed by atoms with van der Waals surface area (Å²) in [6, 6.07) is 5.03. The quantitative estimate of drug-likeness (QED) is 0.820. The van der Waals surface area contributed by atoms with Crippen molar-refractivity contribution in [3.05, 3.63) is 45.6 Å². The molecule has 1 aliphatic carbocycles. The minimum atomic E-state index is -0.224. The molecular weight excluding hydrogens is 259 g/mol. The first-order valence-electron chi connectivity index (χ1n) is 6.43. The number of hydrogen-bond acceptors (Lipinski definition) is 2. The SMILES string of the molecule is Cc1cc(F)cc(-c2[nH]c(C3CC3)nc(=S)c2C)c1. The molecule has 19 heavy (non-hydrogen) atoms. The van der Waals surface area contributed by atoms with Gasteiger partial charge < -0.3 is 4.98 Å². The molecule has 2 aromatic rings. The number of H-pyrrole nitrogens is 1. The van der Waals surface area contributed by atoms with Crippen LogP contribution < -0.4 is 0 Å². The van der Waals surface area contributed by atoms with Crippen LogP contribution in [-0.4, -0.2) is 9.97 Å². The molecule has 0 unspecified atom stereocenters. The van der Waals surface area contributed by atoms with Crippen molar-refractivity contribution < 1.29 is 4.39 Å². The van der Waals surface area contributed by atoms with E-state index in [9.17, 15) is 4.39 Å². The number of halogens is 1. The summed E-state index contributed by atoms with van der Waals surface area (Å²) in [4.78, 5) is 7.77. The highest BCUT2D eigenvalue weighted by atomic mass is 32.1. The predicted octanol–water partition coefficient (Wildman–Crippen LogP) is 4.44. The van der Waals surface area contributed by atoms with Gasteiger partial charge in [-0.05, 0) is 50.5 Å². The van der Waals surface area contributed by atoms with E-state index in [0.29, 0.717) is 10.6 Å². The van der Waals surface area contributed by atoms with Crippen LogP contribution in [0.15, 0.2) is 18.2 Å². The minimum Gasteiger partial charge on any atom is -0.343 e. The van der Waals surface area contributed by atoms with Crippen molar-refractivity contribution >= 4 is 12.2 Å². The molecule has 0 aliphatic heterocycles. The van der Waals surface area contributed by atoms with Gasteiger partial charge in [0.05, 0.1) is 5.69 Å². The van der Waals surface area contributed by atoms with Crippen LogP contribution in [0.3, 0.4) is 0 Å². The second-order valence-corrected chi connectivity index (χ2v) is 5.61. The zero-order chi connectivity index (χ0) is 13.6. The van der Waals surface area contributed by atoms with E-state index in [0.717, 1.165) is 41.1 Å². The summed E-state index contributed by atoms with van der Waals surface area (Å²) in [6.45, 7) is 3.82. The zero-order valence-corrected chi connectivity index (χ0v) is 11.8. The van der Waals surface area contributed by atoms with E-state index in [1.54, 1.807) is 0 Å². The van der Waals surface area contributed by atoms with Gasteiger partial charge in [0, 0.05) is 17.0 Å². The maximum absolute atomic E-state index is 13.6. The molecule has 2 nitrogen and oxygen atoms in total. The Morgan fingerprint density at radius 1 is 1.26 bits per heavy atom. The maximum atomic E-state index is 13.6. The Morgan fingerprint density at radius 2 is 2.00 bits per heavy atom. The lowest BCUT2D eigenvalue weighted by Crippen LogP contribution is -1.99. The summed E-state index contributed by atoms with van der Waals surface area (Å²) in [7, 11) is 0. The molecule has 1 heterocycles. The predicted molar refractivity (Wildman–Crippen MR) is 76.3 cm³/mol. The summed E-state index contributed by atoms with van der Waals surface area (Å²) in [5.41, 5.74) is 3.54. The van der Waals surface area contributed by atoms with Crippen LogP contribution in [0.2, 0.25) is 0 Å². The van der Waals surface area contributed by atoms with E-state index in [1.807, 2.05) is 19.9 Å². The first-order chi connectivity index (χ1) is 9.04. The monoisotopic (exact) mass is 274 g/mol. The van der Waals surface area contributed by atoms with E-state index >= 15 is 0 Å². The zero-order valence-electron chi connectivity index (χ0n) is 11.0. The fraction of sp³-hybridized carbons (Fsp3) is 0.333. The van der Waals surface area contributed by atoms with Crippen LogP contribution in [0.5, 0.6) is 0 Å². The molecule has 1 N–H and O–H groups in total. The second-order valence-electron chi connectivity index (χ2n) is 5.22. The van der Waals surface area contributed by atoms with Gasteiger partial charge in [0.2, 0.25) is 0 Å². The van der Waals surface area contributed by atoms with Gasteiger partial charge in [0.15, 0.2) is 0 Å². The Hall–Kier alpha value is -1.55. The Balaban J connectivity index is 2.20. The molecular formula is C15H15FN2S. The van der Waals surface area contributed by atoms with Gasteiger partial charge in [0.1, 0.15) is 16.3 Å². The third-order valence-corrected chi connectivity index (χ3v) is 3.86. The van der Waals surface area contributed by atoms with Gasteiger partial charge in [0.25, 0.3) is 0 Å². The molecule has 1 aromatic carbocycles. The van der Waals surface area contributed by atoms with Crippen LogP contribution in [-0.2, 0) is 0 Å². The summed E-state index contributed by atoms with van der Waals surface area (Å²) < 4.78 is 14.2. The van der Waals surface area contributed by atoms with E-state index < -0.39 is 0 Å². The topological polar surface area (TPSA) is 28.7 Å². The van der Waals surface area contributed by atoms with Crippen LogP contribution in [0, 0.1) is 24.3 Å². The van der Waals surface area contributed by atoms with Crippen LogP contribution in [0.4, 0.5) is 4.39 Å². The highest BCUT2D eigenvalue weighted by Crippen LogP contribution is 2.39. The fourth-order valence-electron chi connectivity index (χ4n) is 2.27. The molecule has 0 saturated heterocycles. The Morgan fingerprint density at radius 3 is 2.63 bits per heavy atom. The van der Waals surface area contributed by atoms with E-state index in [-0.39, 0.29) is 5.82 Å². The van der Waals surface area contributed by atoms with E-state index in [2.05, 4.69) is 9.97 Å². The molecule has 3 rings (SSSR count). The van der Waals surface area contributed by atoms with Crippen molar-refractivity contribution in [2.24, 2.45) is 0 Å². The number of aromatic amines is 1. The highest BCUT2D eigenvalue weighted by molar-refractivity contribution is 7.71. The van der Waals surface area contributed by atoms with E-state index in [4.69, 9.17) is 12.2 Å². The molecule has 0 amide bonds. The molecule has 98 valence electrons. The normalized spacial score (nSPS) is 14.7. The van der Waals surface area contributed by atoms with Crippen molar-refractivity contribution in [2.75, 3.05) is 0 Å². The lowest BCUT2D eigenvalue weighted by molar-refractivity contribution is 0.627. The lowest BCUT2D eigenvalue weighted by atomic mass is 10.1. The maximum Gasteiger partial charge on any atom is 0.133 e. The number of benzene rings is 1. The summed E-state index contributed by atoms with van der Waals surface area (Å²) in [5, 5.41) is 0. The number of aromatic nitrogens is 2. The average molecular weight is 274 g/mol. The van der Waals surface area contributed by atoms with Crippen LogP contribution in [0.1, 0.15) is 35.7 Å². The third-order valence-electron chi connectivity index (χ3n) is 3.47. The number of aryl methyl sites for hydroxylation is 1. The van der Waals surface area contributed by atoms with Crippen molar-refractivity contribution in [2.45, 2.75) is 32.6 Å². The summed E-state index contributed by atoms with van der Waals surface area (Å²) in [6.07, 6.45) is 2.31. The largest absolute Gasteiger partial charge is 0.343 e. The van der Waals surface area contributed by atoms with Crippen LogP contribution in [0.25, 0.3) is 11.3 Å². The first kappa shape index (κ1) is 12.5. The molecule has 0 bridgehead atoms. The van der Waals surface area contributed by atoms with Gasteiger partial charge in [-0.2, -0.15) is 0 Å². The molecule has 1 saturated carbocycles. The van der Waals surface area contributed by atoms with Gasteiger partial charge in [-0.3, -0.25) is 0 Å². The van der Waals surface area contributed by atoms with Crippen molar-refractivity contribution in [3.8, 4) is 11.3 Å². The average Bonchev–Trinajstić information content (AvgIpc) is 3.15. The number of nitrogens with one attached hydrogen (secondary N) is 1. The molecule has 1 aromatic heterocycles. The van der Waals surface area contributed by atoms with Crippen molar-refractivity contribution in [1.82, 2.24) is 9.97 Å². The Kier molecular flexibility index (Phi) is 2.97. The standard InChI is InChI=1S/C15H15FN2S/c1-8-5-11(7-12(16)6-8)13-9(2)15(19)18-14(17-13)10-3-4-10/h5-7,10H,3-4H2,1-2H3,(H,17,18,19). The molecule has 1 aliphatic rings. The van der Waals surface area contributed by atoms with Crippen molar-refractivity contribution in [3.63, 3.8) is 0 Å². The molecule has 1 fully saturated rings. The van der Waals surface area contributed by atoms with Gasteiger partial charge in [-0.1, -0.05) is 12.2 Å². The lowest BCUT2D eigenvalue weighted by Gasteiger charge is -2.10. The minimum absolute atomic E-state index is 0.224. The molecule has 4 heteroatoms. The third kappa shape index (κ3) is 2.45. The number of hydrogen-bond donors (Lipinski definition) is 1. The first-order valence-corrected chi connectivity index (χ1v) is 6.84. The Bertz CT molecular complexity index is 682. The number of rotatable bonds is 2. The second kappa shape index (κ2) is 4.53. The molecule has 0 radical (unpaired) electrons. The molecule has 0 spiro atoms.